The first-order chi connectivity index (χ1) is 7.75. The van der Waals surface area contributed by atoms with Gasteiger partial charge in [0.2, 0.25) is 5.91 Å². The number of hydrogen-bond acceptors (Lipinski definition) is 4. The molecule has 5 heteroatoms. The van der Waals surface area contributed by atoms with E-state index in [2.05, 4.69) is 10.5 Å². The summed E-state index contributed by atoms with van der Waals surface area (Å²) in [5, 5.41) is 3.77. The highest BCUT2D eigenvalue weighted by molar-refractivity contribution is 5.82. The number of ether oxygens (including phenoxy) is 2. The quantitative estimate of drug-likeness (QED) is 0.595. The molecule has 1 aliphatic rings. The minimum atomic E-state index is -0.200. The lowest BCUT2D eigenvalue weighted by Gasteiger charge is -2.18. The van der Waals surface area contributed by atoms with E-state index in [1.807, 2.05) is 18.2 Å². The smallest absolute Gasteiger partial charge is 0.236 e. The van der Waals surface area contributed by atoms with Crippen LogP contribution in [0.4, 0.5) is 0 Å². The van der Waals surface area contributed by atoms with Gasteiger partial charge in [0.05, 0.1) is 6.21 Å². The molecule has 0 fully saturated rings. The Balaban J connectivity index is 2.11. The van der Waals surface area contributed by atoms with Gasteiger partial charge >= 0.3 is 0 Å². The molecule has 1 aromatic carbocycles. The van der Waals surface area contributed by atoms with Crippen LogP contribution >= 0.6 is 0 Å². The molecule has 0 aromatic heterocycles. The fraction of sp³-hybridized carbons (Fsp3) is 0.273. The van der Waals surface area contributed by atoms with Crippen molar-refractivity contribution in [2.75, 3.05) is 13.2 Å². The fourth-order valence-electron chi connectivity index (χ4n) is 1.34. The van der Waals surface area contributed by atoms with Gasteiger partial charge < -0.3 is 9.47 Å². The third-order valence-corrected chi connectivity index (χ3v) is 2.00. The number of nitrogens with one attached hydrogen (secondary N) is 1. The molecule has 0 unspecified atom stereocenters. The minimum Gasteiger partial charge on any atom is -0.486 e. The molecule has 1 heterocycles. The van der Waals surface area contributed by atoms with E-state index in [0.717, 1.165) is 11.3 Å². The van der Waals surface area contributed by atoms with Crippen molar-refractivity contribution in [1.29, 1.82) is 0 Å². The second-order valence-corrected chi connectivity index (χ2v) is 3.33. The lowest BCUT2D eigenvalue weighted by Crippen LogP contribution is -2.15. The largest absolute Gasteiger partial charge is 0.486 e. The van der Waals surface area contributed by atoms with Gasteiger partial charge in [-0.2, -0.15) is 5.10 Å². The Labute approximate surface area is 93.1 Å². The first-order valence-electron chi connectivity index (χ1n) is 4.95. The zero-order valence-corrected chi connectivity index (χ0v) is 8.90. The highest BCUT2D eigenvalue weighted by atomic mass is 16.6. The number of hydrazone groups is 1. The topological polar surface area (TPSA) is 59.9 Å². The van der Waals surface area contributed by atoms with Crippen LogP contribution in [0.25, 0.3) is 0 Å². The number of carbonyl (C=O) groups excluding carboxylic acids is 1. The Bertz CT molecular complexity index is 429. The van der Waals surface area contributed by atoms with E-state index in [4.69, 9.17) is 9.47 Å². The summed E-state index contributed by atoms with van der Waals surface area (Å²) in [6, 6.07) is 5.49. The number of fused-ring (bicyclic) bond motifs is 1. The molecule has 0 saturated heterocycles. The van der Waals surface area contributed by atoms with Gasteiger partial charge in [-0.25, -0.2) is 5.43 Å². The van der Waals surface area contributed by atoms with Gasteiger partial charge in [-0.3, -0.25) is 4.79 Å². The molecular formula is C11H12N2O3. The number of carbonyl (C=O) groups is 1. The van der Waals surface area contributed by atoms with Crippen LogP contribution in [-0.2, 0) is 4.79 Å². The van der Waals surface area contributed by atoms with Crippen LogP contribution < -0.4 is 14.9 Å². The summed E-state index contributed by atoms with van der Waals surface area (Å²) in [6.07, 6.45) is 1.56. The average Bonchev–Trinajstić information content (AvgIpc) is 2.28. The molecular weight excluding hydrogens is 208 g/mol. The molecule has 0 radical (unpaired) electrons. The van der Waals surface area contributed by atoms with Crippen molar-refractivity contribution in [1.82, 2.24) is 5.43 Å². The maximum absolute atomic E-state index is 10.6. The minimum absolute atomic E-state index is 0.200. The molecule has 0 atom stereocenters. The Morgan fingerprint density at radius 2 is 2.12 bits per heavy atom. The van der Waals surface area contributed by atoms with Crippen LogP contribution in [0.3, 0.4) is 0 Å². The van der Waals surface area contributed by atoms with E-state index < -0.39 is 0 Å². The van der Waals surface area contributed by atoms with Gasteiger partial charge in [0.15, 0.2) is 11.5 Å². The molecule has 1 aromatic rings. The monoisotopic (exact) mass is 220 g/mol. The maximum atomic E-state index is 10.6. The van der Waals surface area contributed by atoms with E-state index in [1.165, 1.54) is 6.92 Å². The highest BCUT2D eigenvalue weighted by Crippen LogP contribution is 2.30. The fourth-order valence-corrected chi connectivity index (χ4v) is 1.34. The lowest BCUT2D eigenvalue weighted by molar-refractivity contribution is -0.118. The van der Waals surface area contributed by atoms with Crippen LogP contribution in [0.5, 0.6) is 11.5 Å². The Morgan fingerprint density at radius 1 is 1.38 bits per heavy atom. The van der Waals surface area contributed by atoms with Crippen molar-refractivity contribution in [2.45, 2.75) is 6.92 Å². The summed E-state index contributed by atoms with van der Waals surface area (Å²) in [4.78, 5) is 10.6. The van der Waals surface area contributed by atoms with Crippen molar-refractivity contribution in [3.05, 3.63) is 23.8 Å². The number of nitrogens with zero attached hydrogens (tertiary/aromatic N) is 1. The summed E-state index contributed by atoms with van der Waals surface area (Å²) < 4.78 is 10.8. The second kappa shape index (κ2) is 4.65. The average molecular weight is 220 g/mol. The van der Waals surface area contributed by atoms with Crippen LogP contribution in [0.1, 0.15) is 12.5 Å². The van der Waals surface area contributed by atoms with Gasteiger partial charge in [0.1, 0.15) is 13.2 Å². The Kier molecular flexibility index (Phi) is 3.05. The Hall–Kier alpha value is -2.04. The SMILES string of the molecule is CC(=O)NN=Cc1ccc2c(c1)OCCO2. The molecule has 1 N–H and O–H groups in total. The van der Waals surface area contributed by atoms with Crippen molar-refractivity contribution in [3.8, 4) is 11.5 Å². The summed E-state index contributed by atoms with van der Waals surface area (Å²) in [6.45, 7) is 2.53. The van der Waals surface area contributed by atoms with E-state index in [1.54, 1.807) is 6.21 Å². The zero-order chi connectivity index (χ0) is 11.4. The molecule has 0 bridgehead atoms. The second-order valence-electron chi connectivity index (χ2n) is 3.33. The van der Waals surface area contributed by atoms with Crippen molar-refractivity contribution in [3.63, 3.8) is 0 Å². The van der Waals surface area contributed by atoms with Crippen LogP contribution in [0.2, 0.25) is 0 Å². The van der Waals surface area contributed by atoms with E-state index in [-0.39, 0.29) is 5.91 Å². The number of hydrogen-bond donors (Lipinski definition) is 1. The molecule has 2 rings (SSSR count). The van der Waals surface area contributed by atoms with Crippen LogP contribution in [0.15, 0.2) is 23.3 Å². The number of benzene rings is 1. The number of amides is 1. The molecule has 0 aliphatic carbocycles. The van der Waals surface area contributed by atoms with Crippen LogP contribution in [-0.4, -0.2) is 25.3 Å². The van der Waals surface area contributed by atoms with E-state index in [0.29, 0.717) is 19.0 Å². The van der Waals surface area contributed by atoms with Crippen LogP contribution in [0, 0.1) is 0 Å². The Morgan fingerprint density at radius 3 is 2.88 bits per heavy atom. The molecule has 1 aliphatic heterocycles. The van der Waals surface area contributed by atoms with Gasteiger partial charge in [0, 0.05) is 6.92 Å². The predicted octanol–water partition coefficient (Wildman–Crippen LogP) is 0.928. The number of rotatable bonds is 2. The van der Waals surface area contributed by atoms with Gasteiger partial charge in [0.25, 0.3) is 0 Å². The molecule has 1 amide bonds. The van der Waals surface area contributed by atoms with Crippen molar-refractivity contribution >= 4 is 12.1 Å². The summed E-state index contributed by atoms with van der Waals surface area (Å²) in [5.74, 6) is 1.25. The van der Waals surface area contributed by atoms with Gasteiger partial charge in [-0.15, -0.1) is 0 Å². The standard InChI is InChI=1S/C11H12N2O3/c1-8(14)13-12-7-9-2-3-10-11(6-9)16-5-4-15-10/h2-3,6-7H,4-5H2,1H3,(H,13,14). The molecule has 84 valence electrons. The summed E-state index contributed by atoms with van der Waals surface area (Å²) in [7, 11) is 0. The third kappa shape index (κ3) is 2.50. The molecule has 5 nitrogen and oxygen atoms in total. The normalized spacial score (nSPS) is 13.8. The molecule has 0 spiro atoms. The van der Waals surface area contributed by atoms with Crippen molar-refractivity contribution in [2.24, 2.45) is 5.10 Å². The first-order valence-corrected chi connectivity index (χ1v) is 4.95. The zero-order valence-electron chi connectivity index (χ0n) is 8.90. The van der Waals surface area contributed by atoms with Gasteiger partial charge in [-0.05, 0) is 23.8 Å². The van der Waals surface area contributed by atoms with E-state index >= 15 is 0 Å². The van der Waals surface area contributed by atoms with E-state index in [9.17, 15) is 4.79 Å². The maximum Gasteiger partial charge on any atom is 0.236 e. The molecule has 0 saturated carbocycles. The first kappa shape index (κ1) is 10.5. The predicted molar refractivity (Wildman–Crippen MR) is 58.8 cm³/mol. The van der Waals surface area contributed by atoms with Gasteiger partial charge in [-0.1, -0.05) is 0 Å². The van der Waals surface area contributed by atoms with Crippen molar-refractivity contribution < 1.29 is 14.3 Å². The summed E-state index contributed by atoms with van der Waals surface area (Å²) >= 11 is 0. The third-order valence-electron chi connectivity index (χ3n) is 2.00. The molecule has 16 heavy (non-hydrogen) atoms. The summed E-state index contributed by atoms with van der Waals surface area (Å²) in [5.41, 5.74) is 3.18. The lowest BCUT2D eigenvalue weighted by atomic mass is 10.2. The highest BCUT2D eigenvalue weighted by Gasteiger charge is 2.10.